The van der Waals surface area contributed by atoms with Crippen LogP contribution in [0.2, 0.25) is 5.02 Å². The number of hydrogen-bond donors (Lipinski definition) is 1. The Labute approximate surface area is 179 Å². The topological polar surface area (TPSA) is 82.8 Å². The Hall–Kier alpha value is -3.29. The summed E-state index contributed by atoms with van der Waals surface area (Å²) in [6.45, 7) is 1.76. The van der Waals surface area contributed by atoms with Gasteiger partial charge >= 0.3 is 5.97 Å². The lowest BCUT2D eigenvalue weighted by Gasteiger charge is -2.12. The first-order valence-electron chi connectivity index (χ1n) is 9.11. The SMILES string of the molecule is COC(=O)/C(=C/CO)Oc1cc(COc2ccn(-c3ccc(Cl)cc3)n2)ccc1C. The molecule has 8 heteroatoms. The molecule has 3 rings (SSSR count). The van der Waals surface area contributed by atoms with Crippen LogP contribution < -0.4 is 9.47 Å². The lowest BCUT2D eigenvalue weighted by Crippen LogP contribution is -2.12. The molecule has 0 aliphatic carbocycles. The molecule has 0 saturated carbocycles. The Bertz CT molecular complexity index is 1040. The number of rotatable bonds is 8. The number of aromatic nitrogens is 2. The van der Waals surface area contributed by atoms with E-state index in [0.29, 0.717) is 16.7 Å². The van der Waals surface area contributed by atoms with Gasteiger partial charge in [0.05, 0.1) is 19.4 Å². The molecule has 1 N–H and O–H groups in total. The van der Waals surface area contributed by atoms with Crippen LogP contribution >= 0.6 is 11.6 Å². The van der Waals surface area contributed by atoms with E-state index >= 15 is 0 Å². The van der Waals surface area contributed by atoms with E-state index in [1.807, 2.05) is 31.2 Å². The number of methoxy groups -OCH3 is 1. The summed E-state index contributed by atoms with van der Waals surface area (Å²) in [6, 6.07) is 14.6. The molecule has 1 aromatic heterocycles. The third-order valence-corrected chi connectivity index (χ3v) is 4.43. The summed E-state index contributed by atoms with van der Waals surface area (Å²) in [4.78, 5) is 11.8. The zero-order chi connectivity index (χ0) is 21.5. The molecule has 0 saturated heterocycles. The Morgan fingerprint density at radius 2 is 1.97 bits per heavy atom. The van der Waals surface area contributed by atoms with Crippen LogP contribution in [0.3, 0.4) is 0 Å². The summed E-state index contributed by atoms with van der Waals surface area (Å²) in [7, 11) is 1.25. The third-order valence-electron chi connectivity index (χ3n) is 4.18. The lowest BCUT2D eigenvalue weighted by molar-refractivity contribution is -0.138. The summed E-state index contributed by atoms with van der Waals surface area (Å²) in [5.41, 5.74) is 2.51. The first kappa shape index (κ1) is 21.4. The van der Waals surface area contributed by atoms with Gasteiger partial charge in [-0.2, -0.15) is 0 Å². The van der Waals surface area contributed by atoms with Crippen molar-refractivity contribution in [3.8, 4) is 17.3 Å². The maximum absolute atomic E-state index is 11.8. The summed E-state index contributed by atoms with van der Waals surface area (Å²) < 4.78 is 17.8. The second kappa shape index (κ2) is 9.96. The monoisotopic (exact) mass is 428 g/mol. The largest absolute Gasteiger partial charge is 0.472 e. The molecular formula is C22H21ClN2O5. The van der Waals surface area contributed by atoms with Gasteiger partial charge < -0.3 is 19.3 Å². The predicted octanol–water partition coefficient (Wildman–Crippen LogP) is 3.84. The van der Waals surface area contributed by atoms with Crippen molar-refractivity contribution in [2.75, 3.05) is 13.7 Å². The minimum atomic E-state index is -0.669. The first-order valence-corrected chi connectivity index (χ1v) is 9.49. The van der Waals surface area contributed by atoms with Crippen LogP contribution in [0, 0.1) is 6.92 Å². The molecule has 3 aromatic rings. The van der Waals surface area contributed by atoms with Gasteiger partial charge in [-0.1, -0.05) is 23.7 Å². The molecular weight excluding hydrogens is 408 g/mol. The Morgan fingerprint density at radius 3 is 2.67 bits per heavy atom. The zero-order valence-electron chi connectivity index (χ0n) is 16.5. The zero-order valence-corrected chi connectivity index (χ0v) is 17.3. The maximum atomic E-state index is 11.8. The minimum Gasteiger partial charge on any atom is -0.472 e. The number of ether oxygens (including phenoxy) is 3. The Morgan fingerprint density at radius 1 is 1.20 bits per heavy atom. The quantitative estimate of drug-likeness (QED) is 0.333. The number of halogens is 1. The van der Waals surface area contributed by atoms with Crippen molar-refractivity contribution in [2.24, 2.45) is 0 Å². The fourth-order valence-electron chi connectivity index (χ4n) is 2.59. The smallest absolute Gasteiger partial charge is 0.373 e. The molecule has 0 aliphatic heterocycles. The average molecular weight is 429 g/mol. The molecule has 156 valence electrons. The fourth-order valence-corrected chi connectivity index (χ4v) is 2.72. The summed E-state index contributed by atoms with van der Waals surface area (Å²) in [5, 5.41) is 14.1. The van der Waals surface area contributed by atoms with E-state index in [0.717, 1.165) is 16.8 Å². The van der Waals surface area contributed by atoms with Gasteiger partial charge in [0.15, 0.2) is 0 Å². The van der Waals surface area contributed by atoms with Crippen LogP contribution in [-0.2, 0) is 16.1 Å². The van der Waals surface area contributed by atoms with Crippen molar-refractivity contribution in [1.29, 1.82) is 0 Å². The number of aryl methyl sites for hydroxylation is 1. The van der Waals surface area contributed by atoms with Crippen molar-refractivity contribution in [1.82, 2.24) is 9.78 Å². The molecule has 0 amide bonds. The highest BCUT2D eigenvalue weighted by molar-refractivity contribution is 6.30. The normalized spacial score (nSPS) is 11.3. The van der Waals surface area contributed by atoms with E-state index in [1.54, 1.807) is 35.1 Å². The van der Waals surface area contributed by atoms with Crippen LogP contribution in [-0.4, -0.2) is 34.6 Å². The lowest BCUT2D eigenvalue weighted by atomic mass is 10.1. The number of esters is 1. The van der Waals surface area contributed by atoms with Crippen molar-refractivity contribution in [2.45, 2.75) is 13.5 Å². The predicted molar refractivity (Wildman–Crippen MR) is 112 cm³/mol. The standard InChI is InChI=1S/C22H21ClN2O5/c1-15-3-4-16(13-20(15)30-19(10-12-26)22(27)28-2)14-29-21-9-11-25(24-21)18-7-5-17(23)6-8-18/h3-11,13,26H,12,14H2,1-2H3/b19-10-. The van der Waals surface area contributed by atoms with E-state index in [2.05, 4.69) is 9.84 Å². The van der Waals surface area contributed by atoms with Gasteiger partial charge in [0.25, 0.3) is 0 Å². The molecule has 0 bridgehead atoms. The number of benzene rings is 2. The summed E-state index contributed by atoms with van der Waals surface area (Å²) >= 11 is 5.91. The molecule has 7 nitrogen and oxygen atoms in total. The van der Waals surface area contributed by atoms with Gasteiger partial charge in [0.1, 0.15) is 12.4 Å². The Balaban J connectivity index is 1.69. The van der Waals surface area contributed by atoms with Crippen molar-refractivity contribution >= 4 is 17.6 Å². The van der Waals surface area contributed by atoms with E-state index in [1.165, 1.54) is 13.2 Å². The van der Waals surface area contributed by atoms with Crippen LogP contribution in [0.4, 0.5) is 0 Å². The highest BCUT2D eigenvalue weighted by atomic mass is 35.5. The minimum absolute atomic E-state index is 0.0807. The first-order chi connectivity index (χ1) is 14.5. The summed E-state index contributed by atoms with van der Waals surface area (Å²) in [6.07, 6.45) is 3.04. The number of aliphatic hydroxyl groups excluding tert-OH is 1. The van der Waals surface area contributed by atoms with Gasteiger partial charge in [-0.05, 0) is 54.5 Å². The van der Waals surface area contributed by atoms with E-state index in [-0.39, 0.29) is 19.0 Å². The number of carbonyl (C=O) groups excluding carboxylic acids is 1. The molecule has 30 heavy (non-hydrogen) atoms. The van der Waals surface area contributed by atoms with Crippen LogP contribution in [0.5, 0.6) is 11.6 Å². The van der Waals surface area contributed by atoms with Crippen molar-refractivity contribution in [3.63, 3.8) is 0 Å². The molecule has 0 fully saturated rings. The van der Waals surface area contributed by atoms with Crippen LogP contribution in [0.25, 0.3) is 5.69 Å². The van der Waals surface area contributed by atoms with Gasteiger partial charge in [0, 0.05) is 17.3 Å². The molecule has 2 aromatic carbocycles. The molecule has 0 radical (unpaired) electrons. The fraction of sp³-hybridized carbons (Fsp3) is 0.182. The highest BCUT2D eigenvalue weighted by Gasteiger charge is 2.14. The van der Waals surface area contributed by atoms with Gasteiger partial charge in [0.2, 0.25) is 11.6 Å². The number of aliphatic hydroxyl groups is 1. The van der Waals surface area contributed by atoms with E-state index in [4.69, 9.17) is 26.2 Å². The van der Waals surface area contributed by atoms with Crippen LogP contribution in [0.1, 0.15) is 11.1 Å². The number of nitrogens with zero attached hydrogens (tertiary/aromatic N) is 2. The van der Waals surface area contributed by atoms with Crippen molar-refractivity contribution in [3.05, 3.63) is 82.7 Å². The van der Waals surface area contributed by atoms with E-state index < -0.39 is 5.97 Å². The molecule has 0 aliphatic rings. The summed E-state index contributed by atoms with van der Waals surface area (Å²) in [5.74, 6) is 0.178. The molecule has 0 unspecified atom stereocenters. The number of hydrogen-bond acceptors (Lipinski definition) is 6. The average Bonchev–Trinajstić information content (AvgIpc) is 3.22. The van der Waals surface area contributed by atoms with Crippen LogP contribution in [0.15, 0.2) is 66.6 Å². The third kappa shape index (κ3) is 5.40. The molecule has 1 heterocycles. The molecule has 0 atom stereocenters. The maximum Gasteiger partial charge on any atom is 0.373 e. The second-order valence-corrected chi connectivity index (χ2v) is 6.74. The molecule has 0 spiro atoms. The van der Waals surface area contributed by atoms with Crippen molar-refractivity contribution < 1.29 is 24.1 Å². The number of carbonyl (C=O) groups is 1. The van der Waals surface area contributed by atoms with Gasteiger partial charge in [-0.25, -0.2) is 9.48 Å². The highest BCUT2D eigenvalue weighted by Crippen LogP contribution is 2.23. The van der Waals surface area contributed by atoms with Gasteiger partial charge in [-0.3, -0.25) is 0 Å². The Kier molecular flexibility index (Phi) is 7.11. The van der Waals surface area contributed by atoms with E-state index in [9.17, 15) is 4.79 Å². The second-order valence-electron chi connectivity index (χ2n) is 6.31. The van der Waals surface area contributed by atoms with Gasteiger partial charge in [-0.15, -0.1) is 5.10 Å².